The summed E-state index contributed by atoms with van der Waals surface area (Å²) in [5, 5.41) is 0.888. The molecule has 3 aromatic carbocycles. The quantitative estimate of drug-likeness (QED) is 0.287. The van der Waals surface area contributed by atoms with Gasteiger partial charge in [0, 0.05) is 10.9 Å². The standard InChI is InChI=1S/C25H20F6/c1-2-14-3-5-15(6-4-14)16-7-9-19-17(11-16)8-10-20(24(19)28)18-12-21(26)23(22(27)13-18)25(29,30)31/h2,7-15H,1,3-6H2. The average molecular weight is 434 g/mol. The van der Waals surface area contributed by atoms with Crippen molar-refractivity contribution in [2.45, 2.75) is 37.8 Å². The van der Waals surface area contributed by atoms with Crippen molar-refractivity contribution in [2.24, 2.45) is 5.92 Å². The van der Waals surface area contributed by atoms with Crippen LogP contribution in [-0.2, 0) is 6.18 Å². The highest BCUT2D eigenvalue weighted by molar-refractivity contribution is 5.89. The van der Waals surface area contributed by atoms with Gasteiger partial charge in [-0.15, -0.1) is 6.58 Å². The number of fused-ring (bicyclic) bond motifs is 1. The van der Waals surface area contributed by atoms with Gasteiger partial charge >= 0.3 is 6.18 Å². The van der Waals surface area contributed by atoms with Crippen molar-refractivity contribution in [1.29, 1.82) is 0 Å². The minimum atomic E-state index is -5.17. The molecule has 0 amide bonds. The number of halogens is 6. The van der Waals surface area contributed by atoms with E-state index in [1.54, 1.807) is 12.1 Å². The van der Waals surface area contributed by atoms with Crippen molar-refractivity contribution in [1.82, 2.24) is 0 Å². The van der Waals surface area contributed by atoms with Crippen LogP contribution < -0.4 is 0 Å². The summed E-state index contributed by atoms with van der Waals surface area (Å²) in [5.41, 5.74) is -1.31. The SMILES string of the molecule is C=CC1CCC(c2ccc3c(F)c(-c4cc(F)c(C(F)(F)F)c(F)c4)ccc3c2)CC1. The van der Waals surface area contributed by atoms with Gasteiger partial charge in [-0.05, 0) is 66.2 Å². The normalized spacial score (nSPS) is 19.5. The summed E-state index contributed by atoms with van der Waals surface area (Å²) < 4.78 is 81.5. The summed E-state index contributed by atoms with van der Waals surface area (Å²) in [5.74, 6) is -3.36. The molecule has 0 nitrogen and oxygen atoms in total. The number of alkyl halides is 3. The highest BCUT2D eigenvalue weighted by Gasteiger charge is 2.38. The molecule has 31 heavy (non-hydrogen) atoms. The van der Waals surface area contributed by atoms with Crippen LogP contribution in [0.3, 0.4) is 0 Å². The molecular formula is C25H20F6. The van der Waals surface area contributed by atoms with Crippen LogP contribution >= 0.6 is 0 Å². The maximum absolute atomic E-state index is 15.1. The van der Waals surface area contributed by atoms with Gasteiger partial charge in [-0.1, -0.05) is 36.4 Å². The molecule has 1 fully saturated rings. The number of hydrogen-bond donors (Lipinski definition) is 0. The van der Waals surface area contributed by atoms with Crippen LogP contribution in [-0.4, -0.2) is 0 Å². The molecule has 0 unspecified atom stereocenters. The summed E-state index contributed by atoms with van der Waals surface area (Å²) in [7, 11) is 0. The predicted molar refractivity (Wildman–Crippen MR) is 109 cm³/mol. The Morgan fingerprint density at radius 2 is 1.48 bits per heavy atom. The zero-order chi connectivity index (χ0) is 22.3. The molecule has 1 aliphatic carbocycles. The van der Waals surface area contributed by atoms with Crippen molar-refractivity contribution < 1.29 is 26.3 Å². The van der Waals surface area contributed by atoms with E-state index in [9.17, 15) is 22.0 Å². The molecule has 4 rings (SSSR count). The second kappa shape index (κ2) is 8.06. The van der Waals surface area contributed by atoms with Crippen LogP contribution in [0.5, 0.6) is 0 Å². The topological polar surface area (TPSA) is 0 Å². The lowest BCUT2D eigenvalue weighted by molar-refractivity contribution is -0.142. The fraction of sp³-hybridized carbons (Fsp3) is 0.280. The smallest absolute Gasteiger partial charge is 0.206 e. The van der Waals surface area contributed by atoms with Gasteiger partial charge in [-0.3, -0.25) is 0 Å². The highest BCUT2D eigenvalue weighted by Crippen LogP contribution is 2.39. The Balaban J connectivity index is 1.70. The van der Waals surface area contributed by atoms with E-state index in [0.717, 1.165) is 31.2 Å². The fourth-order valence-corrected chi connectivity index (χ4v) is 4.47. The maximum Gasteiger partial charge on any atom is 0.422 e. The van der Waals surface area contributed by atoms with E-state index in [-0.39, 0.29) is 16.5 Å². The summed E-state index contributed by atoms with van der Waals surface area (Å²) >= 11 is 0. The zero-order valence-electron chi connectivity index (χ0n) is 16.6. The van der Waals surface area contributed by atoms with Gasteiger partial charge < -0.3 is 0 Å². The molecule has 0 bridgehead atoms. The van der Waals surface area contributed by atoms with Crippen LogP contribution in [0.2, 0.25) is 0 Å². The van der Waals surface area contributed by atoms with Gasteiger partial charge in [0.2, 0.25) is 0 Å². The molecule has 0 N–H and O–H groups in total. The van der Waals surface area contributed by atoms with Gasteiger partial charge in [0.05, 0.1) is 0 Å². The lowest BCUT2D eigenvalue weighted by atomic mass is 9.78. The predicted octanol–water partition coefficient (Wildman–Crippen LogP) is 8.40. The van der Waals surface area contributed by atoms with Crippen LogP contribution in [0.1, 0.15) is 42.7 Å². The number of allylic oxidation sites excluding steroid dienone is 1. The first-order valence-electron chi connectivity index (χ1n) is 10.1. The molecule has 1 aliphatic rings. The number of benzene rings is 3. The summed E-state index contributed by atoms with van der Waals surface area (Å²) in [4.78, 5) is 0. The second-order valence-electron chi connectivity index (χ2n) is 8.07. The Hall–Kier alpha value is -2.76. The Labute approximate surface area is 176 Å². The summed E-state index contributed by atoms with van der Waals surface area (Å²) in [6, 6.07) is 9.39. The molecular weight excluding hydrogens is 414 g/mol. The van der Waals surface area contributed by atoms with Gasteiger partial charge in [-0.2, -0.15) is 13.2 Å². The lowest BCUT2D eigenvalue weighted by Crippen LogP contribution is -2.11. The van der Waals surface area contributed by atoms with E-state index in [1.807, 2.05) is 18.2 Å². The molecule has 3 aromatic rings. The highest BCUT2D eigenvalue weighted by atomic mass is 19.4. The molecule has 0 spiro atoms. The van der Waals surface area contributed by atoms with E-state index >= 15 is 4.39 Å². The first-order chi connectivity index (χ1) is 14.7. The van der Waals surface area contributed by atoms with Crippen molar-refractivity contribution in [3.05, 3.63) is 83.7 Å². The summed E-state index contributed by atoms with van der Waals surface area (Å²) in [6.45, 7) is 3.85. The largest absolute Gasteiger partial charge is 0.422 e. The Kier molecular flexibility index (Phi) is 5.58. The van der Waals surface area contributed by atoms with E-state index in [1.165, 1.54) is 6.07 Å². The summed E-state index contributed by atoms with van der Waals surface area (Å²) in [6.07, 6.45) is 0.977. The maximum atomic E-state index is 15.1. The Bertz CT molecular complexity index is 1110. The first kappa shape index (κ1) is 21.5. The van der Waals surface area contributed by atoms with Crippen LogP contribution in [0.15, 0.2) is 55.1 Å². The van der Waals surface area contributed by atoms with Gasteiger partial charge in [0.1, 0.15) is 23.0 Å². The molecule has 0 radical (unpaired) electrons. The number of rotatable bonds is 3. The van der Waals surface area contributed by atoms with Gasteiger partial charge in [-0.25, -0.2) is 13.2 Å². The fourth-order valence-electron chi connectivity index (χ4n) is 4.47. The molecule has 0 heterocycles. The molecule has 162 valence electrons. The van der Waals surface area contributed by atoms with Gasteiger partial charge in [0.25, 0.3) is 0 Å². The Morgan fingerprint density at radius 3 is 2.06 bits per heavy atom. The minimum absolute atomic E-state index is 0.154. The van der Waals surface area contributed by atoms with Crippen molar-refractivity contribution in [3.63, 3.8) is 0 Å². The third-order valence-corrected chi connectivity index (χ3v) is 6.19. The van der Waals surface area contributed by atoms with Crippen molar-refractivity contribution in [2.75, 3.05) is 0 Å². The van der Waals surface area contributed by atoms with E-state index < -0.39 is 29.2 Å². The van der Waals surface area contributed by atoms with Crippen LogP contribution in [0.4, 0.5) is 26.3 Å². The zero-order valence-corrected chi connectivity index (χ0v) is 16.6. The van der Waals surface area contributed by atoms with Crippen LogP contribution in [0, 0.1) is 23.4 Å². The van der Waals surface area contributed by atoms with E-state index in [0.29, 0.717) is 29.4 Å². The monoisotopic (exact) mass is 434 g/mol. The van der Waals surface area contributed by atoms with Crippen molar-refractivity contribution >= 4 is 10.8 Å². The number of hydrogen-bond acceptors (Lipinski definition) is 0. The molecule has 1 saturated carbocycles. The van der Waals surface area contributed by atoms with Crippen LogP contribution in [0.25, 0.3) is 21.9 Å². The lowest BCUT2D eigenvalue weighted by Gasteiger charge is -2.27. The van der Waals surface area contributed by atoms with E-state index in [2.05, 4.69) is 6.58 Å². The molecule has 0 aromatic heterocycles. The third-order valence-electron chi connectivity index (χ3n) is 6.19. The third kappa shape index (κ3) is 4.08. The Morgan fingerprint density at radius 1 is 0.839 bits per heavy atom. The second-order valence-corrected chi connectivity index (χ2v) is 8.07. The van der Waals surface area contributed by atoms with Gasteiger partial charge in [0.15, 0.2) is 0 Å². The molecule has 0 atom stereocenters. The molecule has 0 aliphatic heterocycles. The molecule has 0 saturated heterocycles. The minimum Gasteiger partial charge on any atom is -0.206 e. The molecule has 6 heteroatoms. The average Bonchev–Trinajstić information content (AvgIpc) is 2.72. The van der Waals surface area contributed by atoms with Crippen molar-refractivity contribution in [3.8, 4) is 11.1 Å². The van der Waals surface area contributed by atoms with E-state index in [4.69, 9.17) is 0 Å². The first-order valence-corrected chi connectivity index (χ1v) is 10.1.